The number of amides is 5. The van der Waals surface area contributed by atoms with Crippen LogP contribution in [0.25, 0.3) is 0 Å². The molecule has 2 saturated heterocycles. The molecule has 1 aromatic rings. The van der Waals surface area contributed by atoms with Crippen LogP contribution >= 0.6 is 0 Å². The lowest BCUT2D eigenvalue weighted by Crippen LogP contribution is -2.69. The Hall–Kier alpha value is -3.26. The van der Waals surface area contributed by atoms with E-state index in [1.165, 1.54) is 0 Å². The molecule has 1 unspecified atom stereocenters. The maximum atomic E-state index is 14.6. The van der Waals surface area contributed by atoms with Crippen molar-refractivity contribution in [2.24, 2.45) is 29.4 Å². The summed E-state index contributed by atoms with van der Waals surface area (Å²) in [6, 6.07) is 7.92. The molecule has 294 valence electrons. The van der Waals surface area contributed by atoms with Crippen molar-refractivity contribution in [2.75, 3.05) is 54.1 Å². The number of ether oxygens (including phenoxy) is 2. The Kier molecular flexibility index (Phi) is 16.4. The number of nitrogens with one attached hydrogen (secondary N) is 2. The van der Waals surface area contributed by atoms with Crippen molar-refractivity contribution in [3.8, 4) is 0 Å². The van der Waals surface area contributed by atoms with Gasteiger partial charge in [-0.3, -0.25) is 14.4 Å². The molecule has 13 heteroatoms. The van der Waals surface area contributed by atoms with Gasteiger partial charge in [-0.2, -0.15) is 0 Å². The molecule has 52 heavy (non-hydrogen) atoms. The van der Waals surface area contributed by atoms with Gasteiger partial charge in [0.2, 0.25) is 17.7 Å². The van der Waals surface area contributed by atoms with E-state index in [2.05, 4.69) is 24.5 Å². The molecule has 5 amide bonds. The average Bonchev–Trinajstić information content (AvgIpc) is 3.60. The summed E-state index contributed by atoms with van der Waals surface area (Å²) >= 11 is 0. The second-order valence-corrected chi connectivity index (χ2v) is 15.4. The van der Waals surface area contributed by atoms with E-state index in [-0.39, 0.29) is 48.6 Å². The number of primary amides is 1. The number of rotatable bonds is 18. The molecule has 2 heterocycles. The predicted molar refractivity (Wildman–Crippen MR) is 201 cm³/mol. The largest absolute Gasteiger partial charge is 0.394 e. The van der Waals surface area contributed by atoms with E-state index in [0.29, 0.717) is 39.0 Å². The van der Waals surface area contributed by atoms with Gasteiger partial charge in [-0.1, -0.05) is 71.4 Å². The van der Waals surface area contributed by atoms with E-state index in [4.69, 9.17) is 15.2 Å². The second-order valence-electron chi connectivity index (χ2n) is 15.4. The van der Waals surface area contributed by atoms with Crippen molar-refractivity contribution in [3.05, 3.63) is 35.9 Å². The Labute approximate surface area is 311 Å². The van der Waals surface area contributed by atoms with Crippen LogP contribution < -0.4 is 16.4 Å². The average molecular weight is 731 g/mol. The molecule has 0 aromatic heterocycles. The Morgan fingerprint density at radius 3 is 2.33 bits per heavy atom. The van der Waals surface area contributed by atoms with Crippen molar-refractivity contribution >= 4 is 23.8 Å². The van der Waals surface area contributed by atoms with Gasteiger partial charge in [0.25, 0.3) is 0 Å². The summed E-state index contributed by atoms with van der Waals surface area (Å²) in [7, 11) is 4.91. The Morgan fingerprint density at radius 2 is 1.77 bits per heavy atom. The molecule has 3 rings (SSSR count). The number of nitrogens with zero attached hydrogens (tertiary/aromatic N) is 3. The summed E-state index contributed by atoms with van der Waals surface area (Å²) in [5.74, 6) is -1.77. The number of piperazine rings is 1. The minimum atomic E-state index is -0.846. The molecule has 13 nitrogen and oxygen atoms in total. The van der Waals surface area contributed by atoms with Crippen LogP contribution in [0.5, 0.6) is 0 Å². The summed E-state index contributed by atoms with van der Waals surface area (Å²) in [6.45, 7) is 13.6. The van der Waals surface area contributed by atoms with Gasteiger partial charge in [0.15, 0.2) is 0 Å². The predicted octanol–water partition coefficient (Wildman–Crippen LogP) is 2.64. The molecule has 2 fully saturated rings. The molecule has 5 N–H and O–H groups in total. The number of likely N-dealkylation sites (N-methyl/N-ethyl adjacent to an activating group) is 1. The number of aliphatic hydroxyl groups is 1. The van der Waals surface area contributed by atoms with Crippen molar-refractivity contribution in [3.63, 3.8) is 0 Å². The van der Waals surface area contributed by atoms with Gasteiger partial charge in [0, 0.05) is 47.4 Å². The normalized spacial score (nSPS) is 23.3. The SMILES string of the molecule is CC[C@H](C)[C@@H]([C@@H](CC(=O)N1CCC[C@H]1[C@H](OC)[C@@H](C)C(=O)N[C@H](CO)Cc1ccccc1)OC)N(C)C(=O)[C@@H](C(C)C)C1(C)CNCCN1C(N)=O. The maximum absolute atomic E-state index is 14.6. The summed E-state index contributed by atoms with van der Waals surface area (Å²) in [5.41, 5.74) is 6.00. The first kappa shape index (κ1) is 43.1. The number of hydrogen-bond donors (Lipinski definition) is 4. The smallest absolute Gasteiger partial charge is 0.315 e. The molecular formula is C39H66N6O7. The molecular weight excluding hydrogens is 664 g/mol. The molecule has 0 bridgehead atoms. The fraction of sp³-hybridized carbons (Fsp3) is 0.744. The molecule has 0 saturated carbocycles. The Balaban J connectivity index is 1.80. The molecule has 0 radical (unpaired) electrons. The zero-order valence-corrected chi connectivity index (χ0v) is 33.0. The highest BCUT2D eigenvalue weighted by atomic mass is 16.5. The van der Waals surface area contributed by atoms with E-state index in [0.717, 1.165) is 18.4 Å². The quantitative estimate of drug-likeness (QED) is 0.179. The number of urea groups is 1. The number of hydrogen-bond acceptors (Lipinski definition) is 8. The first-order valence-electron chi connectivity index (χ1n) is 19.0. The van der Waals surface area contributed by atoms with Gasteiger partial charge in [-0.15, -0.1) is 0 Å². The number of nitrogens with two attached hydrogens (primary N) is 1. The number of carbonyl (C=O) groups is 4. The third kappa shape index (κ3) is 10.0. The van der Waals surface area contributed by atoms with Crippen molar-refractivity contribution in [2.45, 2.75) is 110 Å². The lowest BCUT2D eigenvalue weighted by Gasteiger charge is -2.51. The van der Waals surface area contributed by atoms with Crippen LogP contribution in [0.15, 0.2) is 30.3 Å². The summed E-state index contributed by atoms with van der Waals surface area (Å²) < 4.78 is 12.0. The van der Waals surface area contributed by atoms with Crippen LogP contribution in [-0.4, -0.2) is 133 Å². The fourth-order valence-electron chi connectivity index (χ4n) is 8.71. The number of carbonyl (C=O) groups excluding carboxylic acids is 4. The molecule has 1 aromatic carbocycles. The zero-order valence-electron chi connectivity index (χ0n) is 33.0. The van der Waals surface area contributed by atoms with Crippen LogP contribution in [-0.2, 0) is 30.3 Å². The van der Waals surface area contributed by atoms with E-state index >= 15 is 0 Å². The fourth-order valence-corrected chi connectivity index (χ4v) is 8.71. The van der Waals surface area contributed by atoms with Gasteiger partial charge in [0.05, 0.1) is 60.7 Å². The monoisotopic (exact) mass is 730 g/mol. The summed E-state index contributed by atoms with van der Waals surface area (Å²) in [5, 5.41) is 16.4. The first-order chi connectivity index (χ1) is 24.7. The number of benzene rings is 1. The topological polar surface area (TPSA) is 167 Å². The Morgan fingerprint density at radius 1 is 1.10 bits per heavy atom. The highest BCUT2D eigenvalue weighted by molar-refractivity contribution is 5.83. The lowest BCUT2D eigenvalue weighted by molar-refractivity contribution is -0.152. The van der Waals surface area contributed by atoms with Crippen LogP contribution in [0.4, 0.5) is 4.79 Å². The standard InChI is InChI=1S/C39H66N6O7/c1-10-26(4)34(43(7)37(49)33(25(2)3)39(6)24-41-18-20-45(39)38(40)50)31(51-8)22-32(47)44-19-14-17-30(44)35(52-9)27(5)36(48)42-29(23-46)21-28-15-12-11-13-16-28/h11-13,15-16,25-27,29-31,33-35,41,46H,10,14,17-24H2,1-9H3,(H2,40,50)(H,42,48)/t26-,27+,29-,30-,31+,33+,34-,35+,39?/m0/s1. The third-order valence-corrected chi connectivity index (χ3v) is 11.6. The van der Waals surface area contributed by atoms with Crippen LogP contribution in [0.1, 0.15) is 72.8 Å². The van der Waals surface area contributed by atoms with Gasteiger partial charge < -0.3 is 45.6 Å². The first-order valence-corrected chi connectivity index (χ1v) is 19.0. The van der Waals surface area contributed by atoms with Crippen molar-refractivity contribution < 1.29 is 33.8 Å². The van der Waals surface area contributed by atoms with Gasteiger partial charge in [0.1, 0.15) is 0 Å². The molecule has 2 aliphatic rings. The van der Waals surface area contributed by atoms with Crippen LogP contribution in [0, 0.1) is 23.7 Å². The minimum absolute atomic E-state index is 0.00999. The van der Waals surface area contributed by atoms with E-state index in [1.807, 2.05) is 56.0 Å². The van der Waals surface area contributed by atoms with Crippen molar-refractivity contribution in [1.82, 2.24) is 25.3 Å². The van der Waals surface area contributed by atoms with Crippen LogP contribution in [0.2, 0.25) is 0 Å². The minimum Gasteiger partial charge on any atom is -0.394 e. The van der Waals surface area contributed by atoms with Crippen molar-refractivity contribution in [1.29, 1.82) is 0 Å². The molecule has 9 atom stereocenters. The number of aliphatic hydroxyl groups excluding tert-OH is 1. The van der Waals surface area contributed by atoms with Crippen LogP contribution in [0.3, 0.4) is 0 Å². The van der Waals surface area contributed by atoms with Gasteiger partial charge in [-0.05, 0) is 43.6 Å². The van der Waals surface area contributed by atoms with Gasteiger partial charge in [-0.25, -0.2) is 4.79 Å². The molecule has 0 aliphatic carbocycles. The van der Waals surface area contributed by atoms with E-state index in [1.54, 1.807) is 38.0 Å². The number of methoxy groups -OCH3 is 2. The second kappa shape index (κ2) is 19.7. The highest BCUT2D eigenvalue weighted by Crippen LogP contribution is 2.36. The Bertz CT molecular complexity index is 1320. The van der Waals surface area contributed by atoms with E-state index in [9.17, 15) is 24.3 Å². The molecule has 0 spiro atoms. The third-order valence-electron chi connectivity index (χ3n) is 11.6. The zero-order chi connectivity index (χ0) is 38.7. The van der Waals surface area contributed by atoms with Gasteiger partial charge >= 0.3 is 6.03 Å². The maximum Gasteiger partial charge on any atom is 0.315 e. The lowest BCUT2D eigenvalue weighted by atomic mass is 9.74. The number of likely N-dealkylation sites (tertiary alicyclic amines) is 1. The summed E-state index contributed by atoms with van der Waals surface area (Å²) in [4.78, 5) is 60.0. The summed E-state index contributed by atoms with van der Waals surface area (Å²) in [6.07, 6.45) is 1.55. The van der Waals surface area contributed by atoms with E-state index < -0.39 is 47.7 Å². The highest BCUT2D eigenvalue weighted by Gasteiger charge is 2.50. The molecule has 2 aliphatic heterocycles.